The van der Waals surface area contributed by atoms with Gasteiger partial charge in [0.2, 0.25) is 5.88 Å². The Balaban J connectivity index is 2.50. The van der Waals surface area contributed by atoms with E-state index in [-0.39, 0.29) is 5.60 Å². The van der Waals surface area contributed by atoms with E-state index in [0.717, 1.165) is 31.6 Å². The van der Waals surface area contributed by atoms with Gasteiger partial charge in [0.05, 0.1) is 18.1 Å². The van der Waals surface area contributed by atoms with Crippen LogP contribution < -0.4 is 10.1 Å². The molecule has 0 unspecified atom stereocenters. The van der Waals surface area contributed by atoms with Crippen molar-refractivity contribution in [3.63, 3.8) is 0 Å². The predicted molar refractivity (Wildman–Crippen MR) is 69.0 cm³/mol. The van der Waals surface area contributed by atoms with Crippen LogP contribution in [0.3, 0.4) is 0 Å². The van der Waals surface area contributed by atoms with Gasteiger partial charge in [-0.05, 0) is 33.2 Å². The van der Waals surface area contributed by atoms with Crippen molar-refractivity contribution in [3.05, 3.63) is 18.1 Å². The Labute approximate surface area is 104 Å². The van der Waals surface area contributed by atoms with Crippen LogP contribution in [-0.4, -0.2) is 22.1 Å². The summed E-state index contributed by atoms with van der Waals surface area (Å²) in [5.74, 6) is 0.594. The van der Waals surface area contributed by atoms with Gasteiger partial charge in [0.1, 0.15) is 5.60 Å². The first-order valence-electron chi connectivity index (χ1n) is 6.28. The molecule has 96 valence electrons. The van der Waals surface area contributed by atoms with Crippen molar-refractivity contribution >= 4 is 0 Å². The minimum Gasteiger partial charge on any atom is -0.471 e. The van der Waals surface area contributed by atoms with Crippen LogP contribution in [0.2, 0.25) is 0 Å². The number of ether oxygens (including phenoxy) is 1. The smallest absolute Gasteiger partial charge is 0.232 e. The molecule has 1 N–H and O–H groups in total. The molecule has 0 amide bonds. The largest absolute Gasteiger partial charge is 0.471 e. The molecule has 1 rings (SSSR count). The molecule has 1 heterocycles. The Kier molecular flexibility index (Phi) is 5.35. The van der Waals surface area contributed by atoms with Gasteiger partial charge in [0, 0.05) is 6.54 Å². The molecule has 0 atom stereocenters. The summed E-state index contributed by atoms with van der Waals surface area (Å²) in [6.07, 6.45) is 5.53. The first-order valence-corrected chi connectivity index (χ1v) is 6.28. The van der Waals surface area contributed by atoms with Gasteiger partial charge >= 0.3 is 0 Å². The van der Waals surface area contributed by atoms with E-state index in [1.165, 1.54) is 0 Å². The molecule has 0 aromatic carbocycles. The highest BCUT2D eigenvalue weighted by Gasteiger charge is 2.17. The zero-order valence-corrected chi connectivity index (χ0v) is 11.3. The summed E-state index contributed by atoms with van der Waals surface area (Å²) in [5.41, 5.74) is 0.761. The zero-order chi connectivity index (χ0) is 12.7. The molecular weight excluding hydrogens is 214 g/mol. The van der Waals surface area contributed by atoms with Crippen molar-refractivity contribution < 1.29 is 4.74 Å². The molecule has 0 aliphatic carbocycles. The molecule has 4 heteroatoms. The minimum absolute atomic E-state index is 0.184. The molecule has 0 radical (unpaired) electrons. The highest BCUT2D eigenvalue weighted by Crippen LogP contribution is 2.17. The van der Waals surface area contributed by atoms with Gasteiger partial charge in [0.25, 0.3) is 0 Å². The highest BCUT2D eigenvalue weighted by atomic mass is 16.5. The van der Waals surface area contributed by atoms with Crippen LogP contribution in [0.15, 0.2) is 12.4 Å². The van der Waals surface area contributed by atoms with E-state index in [2.05, 4.69) is 29.1 Å². The molecule has 0 bridgehead atoms. The minimum atomic E-state index is -0.184. The second-order valence-electron chi connectivity index (χ2n) is 4.74. The summed E-state index contributed by atoms with van der Waals surface area (Å²) in [6.45, 7) is 10.1. The van der Waals surface area contributed by atoms with Crippen LogP contribution >= 0.6 is 0 Å². The Bertz CT molecular complexity index is 322. The van der Waals surface area contributed by atoms with Gasteiger partial charge in [-0.3, -0.25) is 4.98 Å². The van der Waals surface area contributed by atoms with Crippen molar-refractivity contribution in [2.75, 3.05) is 6.54 Å². The summed E-state index contributed by atoms with van der Waals surface area (Å²) >= 11 is 0. The van der Waals surface area contributed by atoms with Crippen LogP contribution in [0.4, 0.5) is 0 Å². The molecule has 0 saturated carbocycles. The molecule has 0 fully saturated rings. The second kappa shape index (κ2) is 6.55. The van der Waals surface area contributed by atoms with Crippen molar-refractivity contribution in [1.29, 1.82) is 0 Å². The number of rotatable bonds is 7. The van der Waals surface area contributed by atoms with E-state index in [0.29, 0.717) is 5.88 Å². The molecule has 0 spiro atoms. The number of hydrogen-bond acceptors (Lipinski definition) is 4. The van der Waals surface area contributed by atoms with E-state index in [4.69, 9.17) is 4.74 Å². The first kappa shape index (κ1) is 13.9. The number of hydrogen-bond donors (Lipinski definition) is 1. The van der Waals surface area contributed by atoms with E-state index >= 15 is 0 Å². The Morgan fingerprint density at radius 1 is 1.24 bits per heavy atom. The van der Waals surface area contributed by atoms with Crippen LogP contribution in [-0.2, 0) is 6.54 Å². The third-order valence-corrected chi connectivity index (χ3v) is 2.65. The lowest BCUT2D eigenvalue weighted by Gasteiger charge is -2.23. The SMILES string of the molecule is CCCNCc1cnc(OC(C)(C)CC)cn1. The standard InChI is InChI=1S/C13H23N3O/c1-5-7-14-8-11-9-16-12(10-15-11)17-13(3,4)6-2/h9-10,14H,5-8H2,1-4H3. The van der Waals surface area contributed by atoms with Gasteiger partial charge in [-0.25, -0.2) is 4.98 Å². The lowest BCUT2D eigenvalue weighted by atomic mass is 10.1. The summed E-state index contributed by atoms with van der Waals surface area (Å²) in [5, 5.41) is 3.29. The second-order valence-corrected chi connectivity index (χ2v) is 4.74. The maximum Gasteiger partial charge on any atom is 0.232 e. The van der Waals surface area contributed by atoms with E-state index in [1.54, 1.807) is 12.4 Å². The average molecular weight is 237 g/mol. The Morgan fingerprint density at radius 3 is 2.53 bits per heavy atom. The monoisotopic (exact) mass is 237 g/mol. The molecular formula is C13H23N3O. The molecule has 0 aliphatic heterocycles. The van der Waals surface area contributed by atoms with Gasteiger partial charge in [-0.2, -0.15) is 0 Å². The molecule has 0 saturated heterocycles. The molecule has 17 heavy (non-hydrogen) atoms. The lowest BCUT2D eigenvalue weighted by Crippen LogP contribution is -2.27. The normalized spacial score (nSPS) is 11.5. The fourth-order valence-electron chi connectivity index (χ4n) is 1.24. The van der Waals surface area contributed by atoms with Crippen molar-refractivity contribution in [3.8, 4) is 5.88 Å². The van der Waals surface area contributed by atoms with Crippen LogP contribution in [0, 0.1) is 0 Å². The van der Waals surface area contributed by atoms with Crippen LogP contribution in [0.25, 0.3) is 0 Å². The van der Waals surface area contributed by atoms with E-state index in [1.807, 2.05) is 13.8 Å². The summed E-state index contributed by atoms with van der Waals surface area (Å²) in [7, 11) is 0. The topological polar surface area (TPSA) is 47.0 Å². The third-order valence-electron chi connectivity index (χ3n) is 2.65. The van der Waals surface area contributed by atoms with Gasteiger partial charge in [-0.1, -0.05) is 13.8 Å². The lowest BCUT2D eigenvalue weighted by molar-refractivity contribution is 0.0983. The molecule has 1 aromatic heterocycles. The van der Waals surface area contributed by atoms with Gasteiger partial charge in [-0.15, -0.1) is 0 Å². The Hall–Kier alpha value is -1.16. The molecule has 1 aromatic rings. The molecule has 4 nitrogen and oxygen atoms in total. The van der Waals surface area contributed by atoms with Crippen molar-refractivity contribution in [1.82, 2.24) is 15.3 Å². The first-order chi connectivity index (χ1) is 8.07. The average Bonchev–Trinajstić information content (AvgIpc) is 2.31. The van der Waals surface area contributed by atoms with Crippen LogP contribution in [0.5, 0.6) is 5.88 Å². The number of nitrogens with one attached hydrogen (secondary N) is 1. The zero-order valence-electron chi connectivity index (χ0n) is 11.3. The van der Waals surface area contributed by atoms with Crippen molar-refractivity contribution in [2.24, 2.45) is 0 Å². The quantitative estimate of drug-likeness (QED) is 0.740. The summed E-state index contributed by atoms with van der Waals surface area (Å²) in [6, 6.07) is 0. The Morgan fingerprint density at radius 2 is 2.00 bits per heavy atom. The fourth-order valence-corrected chi connectivity index (χ4v) is 1.24. The number of aromatic nitrogens is 2. The third kappa shape index (κ3) is 5.13. The van der Waals surface area contributed by atoms with Crippen LogP contribution in [0.1, 0.15) is 46.2 Å². The highest BCUT2D eigenvalue weighted by molar-refractivity contribution is 5.08. The van der Waals surface area contributed by atoms with Crippen molar-refractivity contribution in [2.45, 2.75) is 52.7 Å². The molecule has 0 aliphatic rings. The predicted octanol–water partition coefficient (Wildman–Crippen LogP) is 2.54. The fraction of sp³-hybridized carbons (Fsp3) is 0.692. The number of nitrogens with zero attached hydrogens (tertiary/aromatic N) is 2. The summed E-state index contributed by atoms with van der Waals surface area (Å²) in [4.78, 5) is 8.58. The van der Waals surface area contributed by atoms with Gasteiger partial charge in [0.15, 0.2) is 0 Å². The van der Waals surface area contributed by atoms with E-state index in [9.17, 15) is 0 Å². The van der Waals surface area contributed by atoms with E-state index < -0.39 is 0 Å². The maximum atomic E-state index is 5.74. The summed E-state index contributed by atoms with van der Waals surface area (Å²) < 4.78 is 5.74. The maximum absolute atomic E-state index is 5.74. The van der Waals surface area contributed by atoms with Gasteiger partial charge < -0.3 is 10.1 Å².